The summed E-state index contributed by atoms with van der Waals surface area (Å²) in [6.45, 7) is 1.99. The van der Waals surface area contributed by atoms with Crippen LogP contribution in [0.2, 0.25) is 0 Å². The van der Waals surface area contributed by atoms with Crippen molar-refractivity contribution in [1.82, 2.24) is 14.3 Å². The Kier molecular flexibility index (Phi) is 3.80. The number of hydrogen-bond donors (Lipinski definition) is 0. The second-order valence-corrected chi connectivity index (χ2v) is 6.12. The van der Waals surface area contributed by atoms with E-state index < -0.39 is 0 Å². The van der Waals surface area contributed by atoms with Gasteiger partial charge in [0.15, 0.2) is 5.82 Å². The van der Waals surface area contributed by atoms with Crippen molar-refractivity contribution in [2.45, 2.75) is 13.3 Å². The first-order valence-electron chi connectivity index (χ1n) is 8.35. The van der Waals surface area contributed by atoms with Crippen LogP contribution in [-0.4, -0.2) is 14.3 Å². The van der Waals surface area contributed by atoms with E-state index in [4.69, 9.17) is 4.52 Å². The zero-order chi connectivity index (χ0) is 18.3. The van der Waals surface area contributed by atoms with Crippen LogP contribution in [-0.2, 0) is 13.5 Å². The van der Waals surface area contributed by atoms with Gasteiger partial charge in [-0.1, -0.05) is 30.3 Å². The van der Waals surface area contributed by atoms with Crippen LogP contribution in [0, 0.1) is 0 Å². The first kappa shape index (κ1) is 16.1. The average Bonchev–Trinajstić information content (AvgIpc) is 3.17. The summed E-state index contributed by atoms with van der Waals surface area (Å²) in [7, 11) is 1.69. The summed E-state index contributed by atoms with van der Waals surface area (Å²) < 4.78 is 8.02. The van der Waals surface area contributed by atoms with Crippen molar-refractivity contribution in [3.05, 3.63) is 81.3 Å². The summed E-state index contributed by atoms with van der Waals surface area (Å²) in [6.07, 6.45) is 3.87. The average molecular weight is 347 g/mol. The van der Waals surface area contributed by atoms with Crippen LogP contribution in [0.1, 0.15) is 12.6 Å². The second kappa shape index (κ2) is 6.15. The lowest BCUT2D eigenvalue weighted by molar-refractivity contribution is 0.416. The van der Waals surface area contributed by atoms with Crippen LogP contribution < -0.4 is 11.1 Å². The molecule has 0 unspecified atom stereocenters. The van der Waals surface area contributed by atoms with E-state index >= 15 is 0 Å². The third-order valence-electron chi connectivity index (χ3n) is 4.54. The van der Waals surface area contributed by atoms with Crippen molar-refractivity contribution in [3.63, 3.8) is 0 Å². The first-order valence-corrected chi connectivity index (χ1v) is 8.35. The van der Waals surface area contributed by atoms with Crippen LogP contribution in [0.4, 0.5) is 0 Å². The van der Waals surface area contributed by atoms with Gasteiger partial charge in [0.1, 0.15) is 6.26 Å². The molecule has 26 heavy (non-hydrogen) atoms. The molecule has 0 fully saturated rings. The molecule has 0 spiro atoms. The van der Waals surface area contributed by atoms with Gasteiger partial charge in [-0.15, -0.1) is 0 Å². The van der Waals surface area contributed by atoms with Crippen LogP contribution in [0.25, 0.3) is 27.7 Å². The minimum Gasteiger partial charge on any atom is -0.363 e. The van der Waals surface area contributed by atoms with Gasteiger partial charge in [0, 0.05) is 31.1 Å². The molecular weight excluding hydrogens is 330 g/mol. The van der Waals surface area contributed by atoms with Crippen molar-refractivity contribution in [3.8, 4) is 16.9 Å². The van der Waals surface area contributed by atoms with Crippen molar-refractivity contribution < 1.29 is 4.52 Å². The number of hydrogen-bond acceptors (Lipinski definition) is 4. The summed E-state index contributed by atoms with van der Waals surface area (Å²) in [5.41, 5.74) is 2.20. The van der Waals surface area contributed by atoms with Gasteiger partial charge in [0.2, 0.25) is 5.56 Å². The highest BCUT2D eigenvalue weighted by molar-refractivity contribution is 5.96. The molecule has 0 bridgehead atoms. The van der Waals surface area contributed by atoms with E-state index in [0.29, 0.717) is 17.6 Å². The van der Waals surface area contributed by atoms with Gasteiger partial charge >= 0.3 is 0 Å². The smallest absolute Gasteiger partial charge is 0.265 e. The Bertz CT molecular complexity index is 1220. The van der Waals surface area contributed by atoms with Crippen LogP contribution >= 0.6 is 0 Å². The molecule has 0 saturated carbocycles. The molecular formula is C20H17N3O3. The minimum absolute atomic E-state index is 0.0951. The largest absolute Gasteiger partial charge is 0.363 e. The van der Waals surface area contributed by atoms with Crippen molar-refractivity contribution in [1.29, 1.82) is 0 Å². The molecule has 0 radical (unpaired) electrons. The zero-order valence-electron chi connectivity index (χ0n) is 14.5. The topological polar surface area (TPSA) is 70.0 Å². The number of pyridine rings is 2. The molecule has 0 N–H and O–H groups in total. The van der Waals surface area contributed by atoms with E-state index in [0.717, 1.165) is 22.2 Å². The standard InChI is InChI=1S/C20H17N3O3/c1-3-15-11-13-5-4-6-16(14-7-8-18(24)22(2)12-14)19(13)20(25)23(15)17-9-10-26-21-17/h4-12H,3H2,1-2H3. The minimum atomic E-state index is -0.155. The van der Waals surface area contributed by atoms with Gasteiger partial charge in [-0.05, 0) is 35.1 Å². The molecule has 130 valence electrons. The lowest BCUT2D eigenvalue weighted by Gasteiger charge is -2.13. The molecule has 6 nitrogen and oxygen atoms in total. The van der Waals surface area contributed by atoms with E-state index in [1.807, 2.05) is 31.2 Å². The van der Waals surface area contributed by atoms with Gasteiger partial charge in [-0.3, -0.25) is 14.2 Å². The summed E-state index contributed by atoms with van der Waals surface area (Å²) in [6, 6.07) is 12.6. The van der Waals surface area contributed by atoms with E-state index in [2.05, 4.69) is 5.16 Å². The van der Waals surface area contributed by atoms with Gasteiger partial charge in [0.25, 0.3) is 5.56 Å². The van der Waals surface area contributed by atoms with Gasteiger partial charge < -0.3 is 9.09 Å². The monoisotopic (exact) mass is 347 g/mol. The highest BCUT2D eigenvalue weighted by Gasteiger charge is 2.15. The fourth-order valence-corrected chi connectivity index (χ4v) is 3.24. The predicted molar refractivity (Wildman–Crippen MR) is 99.7 cm³/mol. The fraction of sp³-hybridized carbons (Fsp3) is 0.150. The molecule has 3 heterocycles. The zero-order valence-corrected chi connectivity index (χ0v) is 14.5. The van der Waals surface area contributed by atoms with Gasteiger partial charge in [-0.2, -0.15) is 0 Å². The molecule has 6 heteroatoms. The molecule has 1 aromatic carbocycles. The molecule has 4 rings (SSSR count). The van der Waals surface area contributed by atoms with Crippen molar-refractivity contribution >= 4 is 10.8 Å². The summed E-state index contributed by atoms with van der Waals surface area (Å²) in [5, 5.41) is 5.38. The number of aryl methyl sites for hydroxylation is 2. The Balaban J connectivity index is 2.10. The van der Waals surface area contributed by atoms with Crippen molar-refractivity contribution in [2.24, 2.45) is 7.05 Å². The van der Waals surface area contributed by atoms with Gasteiger partial charge in [0.05, 0.1) is 5.39 Å². The third kappa shape index (κ3) is 2.47. The van der Waals surface area contributed by atoms with Crippen LogP contribution in [0.15, 0.2) is 69.0 Å². The Morgan fingerprint density at radius 1 is 1.12 bits per heavy atom. The van der Waals surface area contributed by atoms with Crippen molar-refractivity contribution in [2.75, 3.05) is 0 Å². The highest BCUT2D eigenvalue weighted by atomic mass is 16.5. The maximum Gasteiger partial charge on any atom is 0.265 e. The quantitative estimate of drug-likeness (QED) is 0.571. The molecule has 4 aromatic rings. The highest BCUT2D eigenvalue weighted by Crippen LogP contribution is 2.27. The third-order valence-corrected chi connectivity index (χ3v) is 4.54. The molecule has 0 amide bonds. The molecule has 0 atom stereocenters. The molecule has 0 aliphatic heterocycles. The fourth-order valence-electron chi connectivity index (χ4n) is 3.24. The lowest BCUT2D eigenvalue weighted by Crippen LogP contribution is -2.23. The molecule has 0 aliphatic rings. The Morgan fingerprint density at radius 2 is 1.96 bits per heavy atom. The summed E-state index contributed by atoms with van der Waals surface area (Å²) in [4.78, 5) is 25.1. The SMILES string of the molecule is CCc1cc2cccc(-c3ccc(=O)n(C)c3)c2c(=O)n1-c1ccon1. The van der Waals surface area contributed by atoms with Crippen LogP contribution in [0.3, 0.4) is 0 Å². The molecule has 3 aromatic heterocycles. The van der Waals surface area contributed by atoms with E-state index in [1.165, 1.54) is 16.9 Å². The van der Waals surface area contributed by atoms with E-state index in [1.54, 1.807) is 29.9 Å². The number of benzene rings is 1. The molecule has 0 saturated heterocycles. The number of fused-ring (bicyclic) bond motifs is 1. The summed E-state index contributed by atoms with van der Waals surface area (Å²) in [5.74, 6) is 0.462. The second-order valence-electron chi connectivity index (χ2n) is 6.12. The number of nitrogens with zero attached hydrogens (tertiary/aromatic N) is 3. The molecule has 0 aliphatic carbocycles. The van der Waals surface area contributed by atoms with E-state index in [9.17, 15) is 9.59 Å². The Hall–Kier alpha value is -3.41. The predicted octanol–water partition coefficient (Wildman–Crippen LogP) is 2.91. The normalized spacial score (nSPS) is 11.2. The Labute approximate surface area is 148 Å². The Morgan fingerprint density at radius 3 is 2.65 bits per heavy atom. The van der Waals surface area contributed by atoms with E-state index in [-0.39, 0.29) is 11.1 Å². The number of rotatable bonds is 3. The number of aromatic nitrogens is 3. The lowest BCUT2D eigenvalue weighted by atomic mass is 9.99. The maximum absolute atomic E-state index is 13.4. The summed E-state index contributed by atoms with van der Waals surface area (Å²) >= 11 is 0. The van der Waals surface area contributed by atoms with Gasteiger partial charge in [-0.25, -0.2) is 0 Å². The van der Waals surface area contributed by atoms with Crippen LogP contribution in [0.5, 0.6) is 0 Å². The maximum atomic E-state index is 13.4. The first-order chi connectivity index (χ1) is 12.6.